The molecule has 0 fully saturated rings. The Morgan fingerprint density at radius 2 is 1.00 bits per heavy atom. The van der Waals surface area contributed by atoms with E-state index in [1.807, 2.05) is 118 Å². The molecular formula is C53H27F3N6. The van der Waals surface area contributed by atoms with Crippen LogP contribution in [0.4, 0.5) is 24.5 Å². The maximum absolute atomic E-state index is 15.1. The van der Waals surface area contributed by atoms with Crippen LogP contribution in [-0.2, 0) is 6.18 Å². The minimum Gasteiger partial charge on any atom is -0.308 e. The van der Waals surface area contributed by atoms with E-state index < -0.39 is 11.7 Å². The molecule has 0 bridgehead atoms. The number of para-hydroxylation sites is 2. The van der Waals surface area contributed by atoms with Gasteiger partial charge in [0.1, 0.15) is 11.6 Å². The lowest BCUT2D eigenvalue weighted by molar-refractivity contribution is -0.137. The van der Waals surface area contributed by atoms with Crippen LogP contribution in [0.25, 0.3) is 98.1 Å². The number of hydrogen-bond donors (Lipinski definition) is 0. The molecule has 0 aliphatic rings. The number of hydrogen-bond acceptors (Lipinski definition) is 2. The van der Waals surface area contributed by atoms with Gasteiger partial charge in [0.05, 0.1) is 63.8 Å². The second kappa shape index (κ2) is 14.4. The molecular weight excluding hydrogens is 778 g/mol. The van der Waals surface area contributed by atoms with Gasteiger partial charge < -0.3 is 9.13 Å². The zero-order valence-electron chi connectivity index (χ0n) is 32.4. The molecule has 2 aromatic heterocycles. The van der Waals surface area contributed by atoms with E-state index in [0.717, 1.165) is 49.9 Å². The fourth-order valence-electron chi connectivity index (χ4n) is 8.74. The minimum absolute atomic E-state index is 0.101. The van der Waals surface area contributed by atoms with Crippen molar-refractivity contribution in [2.45, 2.75) is 6.18 Å². The lowest BCUT2D eigenvalue weighted by Crippen LogP contribution is -2.09. The summed E-state index contributed by atoms with van der Waals surface area (Å²) >= 11 is 0. The van der Waals surface area contributed by atoms with Crippen LogP contribution in [0.2, 0.25) is 0 Å². The van der Waals surface area contributed by atoms with Crippen LogP contribution in [0.5, 0.6) is 0 Å². The topological polar surface area (TPSA) is 66.2 Å². The second-order valence-corrected chi connectivity index (χ2v) is 14.8. The molecule has 0 atom stereocenters. The first-order valence-electron chi connectivity index (χ1n) is 19.4. The lowest BCUT2D eigenvalue weighted by Gasteiger charge is -2.21. The second-order valence-electron chi connectivity index (χ2n) is 14.8. The number of alkyl halides is 3. The summed E-state index contributed by atoms with van der Waals surface area (Å²) in [7, 11) is 0. The third-order valence-electron chi connectivity index (χ3n) is 11.4. The first kappa shape index (κ1) is 37.4. The molecule has 10 aromatic rings. The number of benzene rings is 8. The highest BCUT2D eigenvalue weighted by Gasteiger charge is 2.35. The summed E-state index contributed by atoms with van der Waals surface area (Å²) in [6.07, 6.45) is -4.81. The Kier molecular flexibility index (Phi) is 8.70. The first-order chi connectivity index (χ1) is 30.2. The van der Waals surface area contributed by atoms with Crippen molar-refractivity contribution in [2.75, 3.05) is 0 Å². The standard InChI is InChI=1S/C53H27F3N6/c1-59-38-13-8-12-34(25-38)36-21-23-42-40-15-4-6-19-47(40)62(49(42)27-36)51-29-37(52-44(53(54,55)56)16-9-17-45(52)60-2)28-50(43(51)31-58)61-46-18-5-3-14-39(46)41-22-20-35(26-48(41)61)33-11-7-10-32(24-33)30-57/h3-29H. The molecule has 0 aliphatic heterocycles. The molecule has 0 radical (unpaired) electrons. The Hall–Kier alpha value is -8.89. The van der Waals surface area contributed by atoms with Crippen LogP contribution in [0.15, 0.2) is 164 Å². The summed E-state index contributed by atoms with van der Waals surface area (Å²) in [6, 6.07) is 53.1. The first-order valence-corrected chi connectivity index (χ1v) is 19.4. The molecule has 6 nitrogen and oxygen atoms in total. The molecule has 2 heterocycles. The van der Waals surface area contributed by atoms with Crippen molar-refractivity contribution >= 4 is 55.0 Å². The Morgan fingerprint density at radius 1 is 0.468 bits per heavy atom. The fraction of sp³-hybridized carbons (Fsp3) is 0.0189. The van der Waals surface area contributed by atoms with Gasteiger partial charge in [-0.1, -0.05) is 109 Å². The van der Waals surface area contributed by atoms with Crippen LogP contribution in [0.3, 0.4) is 0 Å². The van der Waals surface area contributed by atoms with E-state index in [1.165, 1.54) is 12.1 Å². The molecule has 290 valence electrons. The van der Waals surface area contributed by atoms with Crippen molar-refractivity contribution in [1.82, 2.24) is 9.13 Å². The highest BCUT2D eigenvalue weighted by molar-refractivity contribution is 6.12. The summed E-state index contributed by atoms with van der Waals surface area (Å²) in [5.74, 6) is 0. The normalized spacial score (nSPS) is 11.4. The summed E-state index contributed by atoms with van der Waals surface area (Å²) in [4.78, 5) is 7.21. The van der Waals surface area contributed by atoms with Gasteiger partial charge in [-0.25, -0.2) is 9.69 Å². The number of fused-ring (bicyclic) bond motifs is 6. The zero-order chi connectivity index (χ0) is 42.7. The van der Waals surface area contributed by atoms with Crippen molar-refractivity contribution in [3.63, 3.8) is 0 Å². The van der Waals surface area contributed by atoms with E-state index in [4.69, 9.17) is 13.1 Å². The maximum Gasteiger partial charge on any atom is 0.415 e. The largest absolute Gasteiger partial charge is 0.415 e. The molecule has 0 aliphatic carbocycles. The Labute approximate surface area is 353 Å². The summed E-state index contributed by atoms with van der Waals surface area (Å²) < 4.78 is 49.1. The van der Waals surface area contributed by atoms with Crippen LogP contribution in [0.1, 0.15) is 16.7 Å². The molecule has 0 unspecified atom stereocenters. The molecule has 0 N–H and O–H groups in total. The van der Waals surface area contributed by atoms with Gasteiger partial charge in [0.25, 0.3) is 0 Å². The number of nitriles is 2. The third-order valence-corrected chi connectivity index (χ3v) is 11.4. The average Bonchev–Trinajstić information content (AvgIpc) is 3.82. The van der Waals surface area contributed by atoms with Crippen LogP contribution >= 0.6 is 0 Å². The van der Waals surface area contributed by atoms with Gasteiger partial charge in [0, 0.05) is 21.5 Å². The number of rotatable bonds is 5. The van der Waals surface area contributed by atoms with Crippen molar-refractivity contribution in [1.29, 1.82) is 10.5 Å². The van der Waals surface area contributed by atoms with Gasteiger partial charge in [-0.2, -0.15) is 23.7 Å². The highest BCUT2D eigenvalue weighted by Crippen LogP contribution is 2.47. The monoisotopic (exact) mass is 804 g/mol. The average molecular weight is 805 g/mol. The van der Waals surface area contributed by atoms with Gasteiger partial charge in [-0.05, 0) is 88.0 Å². The van der Waals surface area contributed by atoms with Gasteiger partial charge in [-0.3, -0.25) is 0 Å². The number of halogens is 3. The maximum atomic E-state index is 15.1. The number of nitrogens with zero attached hydrogens (tertiary/aromatic N) is 6. The van der Waals surface area contributed by atoms with Crippen LogP contribution in [0, 0.1) is 35.8 Å². The smallest absolute Gasteiger partial charge is 0.308 e. The Balaban J connectivity index is 1.37. The molecule has 10 rings (SSSR count). The molecule has 0 spiro atoms. The zero-order valence-corrected chi connectivity index (χ0v) is 32.4. The van der Waals surface area contributed by atoms with Crippen molar-refractivity contribution in [3.05, 3.63) is 203 Å². The quantitative estimate of drug-likeness (QED) is 0.163. The molecule has 9 heteroatoms. The van der Waals surface area contributed by atoms with Gasteiger partial charge >= 0.3 is 6.18 Å². The SMILES string of the molecule is [C-]#[N+]c1cccc(-c2ccc3c4ccccc4n(-c4cc(-c5c([N+]#[C-])cccc5C(F)(F)F)cc(-n5c6ccccc6c6ccc(-c7cccc(C#N)c7)cc65)c4C#N)c3c2)c1. The van der Waals surface area contributed by atoms with E-state index >= 15 is 13.2 Å². The van der Waals surface area contributed by atoms with E-state index in [2.05, 4.69) is 21.8 Å². The van der Waals surface area contributed by atoms with Crippen LogP contribution < -0.4 is 0 Å². The predicted octanol–water partition coefficient (Wildman–Crippen LogP) is 14.7. The van der Waals surface area contributed by atoms with E-state index in [9.17, 15) is 10.5 Å². The molecule has 8 aromatic carbocycles. The molecule has 0 amide bonds. The summed E-state index contributed by atoms with van der Waals surface area (Å²) in [6.45, 7) is 15.7. The lowest BCUT2D eigenvalue weighted by atomic mass is 9.94. The third kappa shape index (κ3) is 5.93. The molecule has 62 heavy (non-hydrogen) atoms. The number of aromatic nitrogens is 2. The van der Waals surface area contributed by atoms with E-state index in [1.54, 1.807) is 36.4 Å². The summed E-state index contributed by atoms with van der Waals surface area (Å²) in [5.41, 5.74) is 6.40. The van der Waals surface area contributed by atoms with Gasteiger partial charge in [-0.15, -0.1) is 0 Å². The fourth-order valence-corrected chi connectivity index (χ4v) is 8.74. The Bertz CT molecular complexity index is 3500. The molecule has 0 saturated carbocycles. The predicted molar refractivity (Wildman–Crippen MR) is 238 cm³/mol. The molecule has 0 saturated heterocycles. The van der Waals surface area contributed by atoms with Crippen molar-refractivity contribution in [3.8, 4) is 56.9 Å². The van der Waals surface area contributed by atoms with E-state index in [0.29, 0.717) is 44.7 Å². The van der Waals surface area contributed by atoms with Crippen molar-refractivity contribution in [2.24, 2.45) is 0 Å². The van der Waals surface area contributed by atoms with E-state index in [-0.39, 0.29) is 22.4 Å². The minimum atomic E-state index is -4.81. The van der Waals surface area contributed by atoms with Gasteiger partial charge in [0.15, 0.2) is 11.4 Å². The highest BCUT2D eigenvalue weighted by atomic mass is 19.4. The van der Waals surface area contributed by atoms with Crippen molar-refractivity contribution < 1.29 is 13.2 Å². The summed E-state index contributed by atoms with van der Waals surface area (Å²) in [5, 5.41) is 24.6. The van der Waals surface area contributed by atoms with Crippen LogP contribution in [-0.4, -0.2) is 9.13 Å². The van der Waals surface area contributed by atoms with Gasteiger partial charge in [0.2, 0.25) is 0 Å². The Morgan fingerprint density at radius 3 is 1.55 bits per heavy atom.